The monoisotopic (exact) mass is 443 g/mol. The molecule has 0 aromatic heterocycles. The van der Waals surface area contributed by atoms with Crippen molar-refractivity contribution in [3.8, 4) is 23.0 Å². The molecule has 10 heteroatoms. The molecule has 3 rings (SSSR count). The first-order valence-electron chi connectivity index (χ1n) is 9.06. The lowest BCUT2D eigenvalue weighted by Gasteiger charge is -2.43. The number of rotatable bonds is 4. The smallest absolute Gasteiger partial charge is 0.167 e. The fourth-order valence-electron chi connectivity index (χ4n) is 3.73. The van der Waals surface area contributed by atoms with Gasteiger partial charge in [0.2, 0.25) is 0 Å². The molecule has 0 amide bonds. The molecule has 0 bridgehead atoms. The van der Waals surface area contributed by atoms with Crippen LogP contribution in [0.4, 0.5) is 0 Å². The number of likely N-dealkylation sites (N-methyl/N-ethyl adjacent to an activating group) is 1. The minimum atomic E-state index is -4.94. The molecule has 0 radical (unpaired) electrons. The van der Waals surface area contributed by atoms with Crippen molar-refractivity contribution in [1.29, 1.82) is 0 Å². The van der Waals surface area contributed by atoms with Crippen molar-refractivity contribution in [2.24, 2.45) is 0 Å². The lowest BCUT2D eigenvalue weighted by molar-refractivity contribution is -2.00. The van der Waals surface area contributed by atoms with Crippen LogP contribution in [-0.2, 0) is 12.8 Å². The summed E-state index contributed by atoms with van der Waals surface area (Å²) in [7, 11) is 2.52. The number of phenols is 2. The summed E-state index contributed by atoms with van der Waals surface area (Å²) in [4.78, 5) is 0. The van der Waals surface area contributed by atoms with Crippen LogP contribution in [0.5, 0.6) is 23.0 Å². The van der Waals surface area contributed by atoms with Gasteiger partial charge < -0.3 is 24.2 Å². The van der Waals surface area contributed by atoms with Gasteiger partial charge in [-0.15, -0.1) is 10.2 Å². The summed E-state index contributed by atoms with van der Waals surface area (Å²) < 4.78 is 45.2. The third kappa shape index (κ3) is 5.88. The maximum atomic E-state index is 10.7. The Morgan fingerprint density at radius 3 is 2.10 bits per heavy atom. The van der Waals surface area contributed by atoms with Gasteiger partial charge in [-0.3, -0.25) is 0 Å². The van der Waals surface area contributed by atoms with E-state index in [4.69, 9.17) is 28.1 Å². The third-order valence-electron chi connectivity index (χ3n) is 5.30. The summed E-state index contributed by atoms with van der Waals surface area (Å²) in [5, 5.41) is 20.8. The topological polar surface area (TPSA) is 151 Å². The second-order valence-corrected chi connectivity index (χ2v) is 8.30. The van der Waals surface area contributed by atoms with Gasteiger partial charge in [0.25, 0.3) is 0 Å². The molecule has 1 aliphatic rings. The van der Waals surface area contributed by atoms with E-state index in [0.717, 1.165) is 28.6 Å². The molecule has 2 N–H and O–H groups in total. The number of hydrogen-bond donors (Lipinski definition) is 2. The van der Waals surface area contributed by atoms with Gasteiger partial charge in [0, 0.05) is 12.8 Å². The lowest BCUT2D eigenvalue weighted by atomic mass is 9.86. The van der Waals surface area contributed by atoms with Crippen LogP contribution in [-0.4, -0.2) is 49.6 Å². The zero-order chi connectivity index (χ0) is 22.7. The lowest BCUT2D eigenvalue weighted by Crippen LogP contribution is -2.68. The van der Waals surface area contributed by atoms with Gasteiger partial charge in [-0.25, -0.2) is 18.6 Å². The molecule has 0 saturated heterocycles. The van der Waals surface area contributed by atoms with Crippen molar-refractivity contribution in [3.05, 3.63) is 47.0 Å². The Morgan fingerprint density at radius 2 is 1.57 bits per heavy atom. The number of quaternary nitrogens is 1. The summed E-state index contributed by atoms with van der Waals surface area (Å²) in [6.07, 6.45) is 1.63. The summed E-state index contributed by atoms with van der Waals surface area (Å²) in [5.74, 6) is 1.33. The first-order valence-corrected chi connectivity index (χ1v) is 10.3. The summed E-state index contributed by atoms with van der Waals surface area (Å²) in [5.41, 5.74) is 3.12. The summed E-state index contributed by atoms with van der Waals surface area (Å²) in [6, 6.07) is 9.43. The van der Waals surface area contributed by atoms with Crippen molar-refractivity contribution in [2.45, 2.75) is 18.9 Å². The highest BCUT2D eigenvalue weighted by molar-refractivity contribution is 5.52. The molecule has 30 heavy (non-hydrogen) atoms. The molecule has 166 valence electrons. The van der Waals surface area contributed by atoms with Crippen molar-refractivity contribution in [1.82, 2.24) is 0 Å². The Bertz CT molecular complexity index is 876. The molecular weight excluding hydrogens is 418 g/mol. The van der Waals surface area contributed by atoms with E-state index in [0.29, 0.717) is 17.9 Å². The van der Waals surface area contributed by atoms with Gasteiger partial charge in [0.15, 0.2) is 23.0 Å². The standard InChI is InChI=1S/C20H25NO4.ClHO4/c1-21(2)10-9-14-6-8-18(25-4)20(23)19(14)15(21)11-13-5-7-17(24-3)16(22)12-13;2-1(3,4)5/h5-8,12,15H,9-11H2,1-4H3,(H-,22,23);(H,2,3,4,5)/t15-;/m1./s1. The van der Waals surface area contributed by atoms with Crippen molar-refractivity contribution in [2.75, 3.05) is 34.9 Å². The molecular formula is C20H26ClNO8. The number of aromatic hydroxyl groups is 2. The molecule has 0 saturated carbocycles. The fraction of sp³-hybridized carbons (Fsp3) is 0.400. The quantitative estimate of drug-likeness (QED) is 0.529. The van der Waals surface area contributed by atoms with Crippen LogP contribution >= 0.6 is 0 Å². The Kier molecular flexibility index (Phi) is 7.40. The highest BCUT2D eigenvalue weighted by Crippen LogP contribution is 2.45. The number of phenolic OH excluding ortho intramolecular Hbond substituents is 2. The number of hydrogen-bond acceptors (Lipinski definition) is 8. The van der Waals surface area contributed by atoms with E-state index in [9.17, 15) is 10.2 Å². The minimum absolute atomic E-state index is 0.0756. The van der Waals surface area contributed by atoms with Crippen LogP contribution in [0.1, 0.15) is 22.7 Å². The van der Waals surface area contributed by atoms with E-state index < -0.39 is 10.2 Å². The molecule has 2 aromatic carbocycles. The summed E-state index contributed by atoms with van der Waals surface area (Å²) >= 11 is 0. The van der Waals surface area contributed by atoms with Gasteiger partial charge in [-0.1, -0.05) is 12.1 Å². The van der Waals surface area contributed by atoms with E-state index in [1.807, 2.05) is 18.2 Å². The van der Waals surface area contributed by atoms with E-state index in [2.05, 4.69) is 14.1 Å². The maximum absolute atomic E-state index is 10.7. The molecule has 0 fully saturated rings. The molecule has 9 nitrogen and oxygen atoms in total. The largest absolute Gasteiger partial charge is 0.504 e. The normalized spacial score (nSPS) is 17.4. The van der Waals surface area contributed by atoms with Crippen LogP contribution in [0, 0.1) is 10.2 Å². The maximum Gasteiger partial charge on any atom is 0.167 e. The second-order valence-electron chi connectivity index (χ2n) is 7.55. The first kappa shape index (κ1) is 24.0. The predicted molar refractivity (Wildman–Crippen MR) is 96.4 cm³/mol. The van der Waals surface area contributed by atoms with Gasteiger partial charge in [-0.05, 0) is 29.3 Å². The zero-order valence-electron chi connectivity index (χ0n) is 17.3. The molecule has 0 aliphatic carbocycles. The molecule has 1 atom stereocenters. The molecule has 1 heterocycles. The third-order valence-corrected chi connectivity index (χ3v) is 5.30. The van der Waals surface area contributed by atoms with Gasteiger partial charge in [0.05, 0.1) is 40.4 Å². The number of methoxy groups -OCH3 is 2. The number of halogens is 1. The van der Waals surface area contributed by atoms with Crippen LogP contribution < -0.4 is 28.1 Å². The molecule has 2 aromatic rings. The Morgan fingerprint density at radius 1 is 1.00 bits per heavy atom. The van der Waals surface area contributed by atoms with Crippen LogP contribution in [0.15, 0.2) is 30.3 Å². The Hall–Kier alpha value is -2.27. The molecule has 0 unspecified atom stereocenters. The number of ether oxygens (including phenoxy) is 2. The number of benzene rings is 2. The number of nitrogens with zero attached hydrogens (tertiary/aromatic N) is 1. The SMILES string of the molecule is COc1ccc(C[C@@H]2c3c(ccc(OC)c3O)CC[N+]2(C)C)cc1O.[O-][Cl+3]([O-])([O-])[O-]. The molecule has 0 spiro atoms. The highest BCUT2D eigenvalue weighted by atomic mass is 35.7. The van der Waals surface area contributed by atoms with Crippen LogP contribution in [0.25, 0.3) is 0 Å². The predicted octanol–water partition coefficient (Wildman–Crippen LogP) is -1.72. The van der Waals surface area contributed by atoms with E-state index in [1.54, 1.807) is 19.2 Å². The first-order chi connectivity index (χ1) is 13.9. The van der Waals surface area contributed by atoms with Crippen molar-refractivity contribution < 1.29 is 53.0 Å². The molecule has 1 aliphatic heterocycles. The van der Waals surface area contributed by atoms with Crippen LogP contribution in [0.3, 0.4) is 0 Å². The Balaban J connectivity index is 0.000000575. The minimum Gasteiger partial charge on any atom is -0.504 e. The van der Waals surface area contributed by atoms with E-state index in [-0.39, 0.29) is 17.5 Å². The number of fused-ring (bicyclic) bond motifs is 1. The van der Waals surface area contributed by atoms with Crippen molar-refractivity contribution >= 4 is 0 Å². The van der Waals surface area contributed by atoms with Gasteiger partial charge in [0.1, 0.15) is 6.04 Å². The fourth-order valence-corrected chi connectivity index (χ4v) is 3.73. The average molecular weight is 444 g/mol. The second kappa shape index (κ2) is 9.25. The van der Waals surface area contributed by atoms with Crippen molar-refractivity contribution in [3.63, 3.8) is 0 Å². The average Bonchev–Trinajstić information content (AvgIpc) is 2.63. The Labute approximate surface area is 177 Å². The van der Waals surface area contributed by atoms with Crippen LogP contribution in [0.2, 0.25) is 0 Å². The highest BCUT2D eigenvalue weighted by Gasteiger charge is 2.38. The van der Waals surface area contributed by atoms with E-state index >= 15 is 0 Å². The zero-order valence-corrected chi connectivity index (χ0v) is 18.0. The van der Waals surface area contributed by atoms with E-state index in [1.165, 1.54) is 12.7 Å². The summed E-state index contributed by atoms with van der Waals surface area (Å²) in [6.45, 7) is 0.992. The van der Waals surface area contributed by atoms with Gasteiger partial charge in [-0.2, -0.15) is 0 Å². The van der Waals surface area contributed by atoms with Gasteiger partial charge >= 0.3 is 0 Å².